The number of hydrogen-bond donors (Lipinski definition) is 3. The maximum Gasteiger partial charge on any atom is 0.322 e. The molecule has 2 aromatic heterocycles. The highest BCUT2D eigenvalue weighted by Gasteiger charge is 2.43. The number of carbonyl (C=O) groups excluding carboxylic acids is 3. The fraction of sp³-hybridized carbons (Fsp3) is 0.111. The number of aromatic nitrogens is 1. The molecule has 1 fully saturated rings. The molecule has 9 heteroatoms. The molecule has 27 heavy (non-hydrogen) atoms. The summed E-state index contributed by atoms with van der Waals surface area (Å²) in [6, 6.07) is 10.2. The molecule has 1 aliphatic rings. The van der Waals surface area contributed by atoms with E-state index in [0.717, 1.165) is 9.88 Å². The number of urea groups is 1. The Bertz CT molecular complexity index is 1040. The van der Waals surface area contributed by atoms with E-state index in [1.165, 1.54) is 11.3 Å². The van der Waals surface area contributed by atoms with Gasteiger partial charge in [-0.3, -0.25) is 14.9 Å². The van der Waals surface area contributed by atoms with Gasteiger partial charge >= 0.3 is 6.03 Å². The molecule has 4 amide bonds. The molecule has 3 N–H and O–H groups in total. The summed E-state index contributed by atoms with van der Waals surface area (Å²) in [7, 11) is 0. The Morgan fingerprint density at radius 1 is 1.19 bits per heavy atom. The quantitative estimate of drug-likeness (QED) is 0.588. The number of hydrogen-bond acceptors (Lipinski definition) is 6. The van der Waals surface area contributed by atoms with Crippen molar-refractivity contribution in [3.8, 4) is 9.88 Å². The van der Waals surface area contributed by atoms with Gasteiger partial charge in [0.2, 0.25) is 0 Å². The normalized spacial score (nSPS) is 18.9. The summed E-state index contributed by atoms with van der Waals surface area (Å²) in [6.45, 7) is 1.61. The van der Waals surface area contributed by atoms with Crippen molar-refractivity contribution in [3.63, 3.8) is 0 Å². The summed E-state index contributed by atoms with van der Waals surface area (Å²) in [5, 5.41) is 12.1. The summed E-state index contributed by atoms with van der Waals surface area (Å²) >= 11 is 2.97. The Morgan fingerprint density at radius 2 is 2.04 bits per heavy atom. The van der Waals surface area contributed by atoms with E-state index < -0.39 is 17.5 Å². The largest absolute Gasteiger partial charge is 0.322 e. The summed E-state index contributed by atoms with van der Waals surface area (Å²) in [4.78, 5) is 41.5. The number of nitrogens with one attached hydrogen (secondary N) is 3. The molecule has 0 bridgehead atoms. The van der Waals surface area contributed by atoms with Crippen LogP contribution in [0.3, 0.4) is 0 Å². The van der Waals surface area contributed by atoms with Crippen LogP contribution in [0.4, 0.5) is 10.5 Å². The maximum absolute atomic E-state index is 12.5. The van der Waals surface area contributed by atoms with Crippen LogP contribution in [0.1, 0.15) is 23.0 Å². The lowest BCUT2D eigenvalue weighted by Gasteiger charge is -2.21. The maximum atomic E-state index is 12.5. The zero-order valence-electron chi connectivity index (χ0n) is 14.1. The van der Waals surface area contributed by atoms with Crippen molar-refractivity contribution in [2.24, 2.45) is 0 Å². The van der Waals surface area contributed by atoms with Crippen LogP contribution >= 0.6 is 22.7 Å². The number of amides is 4. The Morgan fingerprint density at radius 3 is 2.74 bits per heavy atom. The molecule has 0 radical (unpaired) electrons. The first-order valence-corrected chi connectivity index (χ1v) is 9.76. The van der Waals surface area contributed by atoms with Gasteiger partial charge in [-0.25, -0.2) is 9.78 Å². The van der Waals surface area contributed by atoms with E-state index in [9.17, 15) is 14.4 Å². The highest BCUT2D eigenvalue weighted by Crippen LogP contribution is 2.29. The third kappa shape index (κ3) is 3.22. The van der Waals surface area contributed by atoms with Crippen LogP contribution in [0.25, 0.3) is 9.88 Å². The van der Waals surface area contributed by atoms with E-state index in [4.69, 9.17) is 0 Å². The number of anilines is 1. The van der Waals surface area contributed by atoms with Gasteiger partial charge in [0.25, 0.3) is 11.8 Å². The van der Waals surface area contributed by atoms with Crippen molar-refractivity contribution in [1.82, 2.24) is 15.6 Å². The molecule has 1 aromatic carbocycles. The monoisotopic (exact) mass is 398 g/mol. The van der Waals surface area contributed by atoms with Gasteiger partial charge in [-0.05, 0) is 36.1 Å². The third-order valence-electron chi connectivity index (χ3n) is 4.21. The number of nitrogens with zero attached hydrogens (tertiary/aromatic N) is 1. The summed E-state index contributed by atoms with van der Waals surface area (Å²) in [5.41, 5.74) is 0.233. The number of benzene rings is 1. The van der Waals surface area contributed by atoms with Crippen molar-refractivity contribution in [3.05, 3.63) is 58.4 Å². The highest BCUT2D eigenvalue weighted by atomic mass is 32.1. The summed E-state index contributed by atoms with van der Waals surface area (Å²) < 4.78 is 0. The highest BCUT2D eigenvalue weighted by molar-refractivity contribution is 7.20. The fourth-order valence-electron chi connectivity index (χ4n) is 2.74. The lowest BCUT2D eigenvalue weighted by Crippen LogP contribution is -2.40. The smallest absolute Gasteiger partial charge is 0.321 e. The molecule has 1 atom stereocenters. The predicted octanol–water partition coefficient (Wildman–Crippen LogP) is 3.18. The van der Waals surface area contributed by atoms with Crippen LogP contribution in [0.15, 0.2) is 47.2 Å². The molecule has 136 valence electrons. The van der Waals surface area contributed by atoms with Gasteiger partial charge in [0.1, 0.15) is 16.2 Å². The van der Waals surface area contributed by atoms with E-state index in [0.29, 0.717) is 16.9 Å². The molecule has 1 saturated heterocycles. The second-order valence-electron chi connectivity index (χ2n) is 6.08. The molecule has 0 spiro atoms. The van der Waals surface area contributed by atoms with Gasteiger partial charge in [0.15, 0.2) is 0 Å². The fourth-order valence-corrected chi connectivity index (χ4v) is 4.36. The van der Waals surface area contributed by atoms with E-state index in [2.05, 4.69) is 20.9 Å². The minimum atomic E-state index is -1.18. The number of thiazole rings is 1. The van der Waals surface area contributed by atoms with Crippen LogP contribution in [-0.4, -0.2) is 22.8 Å². The van der Waals surface area contributed by atoms with Crippen molar-refractivity contribution in [2.75, 3.05) is 5.32 Å². The van der Waals surface area contributed by atoms with E-state index in [1.54, 1.807) is 47.9 Å². The molecule has 7 nitrogen and oxygen atoms in total. The van der Waals surface area contributed by atoms with Crippen LogP contribution < -0.4 is 16.0 Å². The minimum absolute atomic E-state index is 0.326. The van der Waals surface area contributed by atoms with Crippen molar-refractivity contribution in [1.29, 1.82) is 0 Å². The summed E-state index contributed by atoms with van der Waals surface area (Å²) in [6.07, 6.45) is 0. The van der Waals surface area contributed by atoms with Crippen molar-refractivity contribution in [2.45, 2.75) is 12.5 Å². The number of rotatable bonds is 4. The molecule has 0 aliphatic carbocycles. The number of carbonyl (C=O) groups is 3. The van der Waals surface area contributed by atoms with Gasteiger partial charge in [0, 0.05) is 11.1 Å². The zero-order chi connectivity index (χ0) is 19.0. The van der Waals surface area contributed by atoms with E-state index in [-0.39, 0.29) is 5.91 Å². The lowest BCUT2D eigenvalue weighted by molar-refractivity contribution is -0.123. The standard InChI is InChI=1S/C18H14N4O3S2/c1-18(16(24)21-17(25)22-18)10-4-2-5-11(8-10)19-14(23)12-9-27-15(20-12)13-6-3-7-26-13/h2-9H,1H3,(H,19,23)(H2,21,22,24,25)/t18-/m1/s1. The first kappa shape index (κ1) is 17.4. The van der Waals surface area contributed by atoms with Crippen LogP contribution in [-0.2, 0) is 10.3 Å². The van der Waals surface area contributed by atoms with Crippen LogP contribution in [0, 0.1) is 0 Å². The first-order chi connectivity index (χ1) is 13.0. The number of imide groups is 1. The third-order valence-corrected chi connectivity index (χ3v) is 6.09. The van der Waals surface area contributed by atoms with Gasteiger partial charge < -0.3 is 10.6 Å². The second-order valence-corrected chi connectivity index (χ2v) is 7.89. The average molecular weight is 398 g/mol. The lowest BCUT2D eigenvalue weighted by atomic mass is 9.92. The second kappa shape index (κ2) is 6.60. The Balaban J connectivity index is 1.54. The minimum Gasteiger partial charge on any atom is -0.321 e. The van der Waals surface area contributed by atoms with Gasteiger partial charge in [-0.2, -0.15) is 0 Å². The molecule has 0 unspecified atom stereocenters. The summed E-state index contributed by atoms with van der Waals surface area (Å²) in [5.74, 6) is -0.771. The molecule has 3 heterocycles. The molecule has 1 aliphatic heterocycles. The van der Waals surface area contributed by atoms with Gasteiger partial charge in [0.05, 0.1) is 4.88 Å². The predicted molar refractivity (Wildman–Crippen MR) is 104 cm³/mol. The van der Waals surface area contributed by atoms with E-state index >= 15 is 0 Å². The topological polar surface area (TPSA) is 100 Å². The number of thiophene rings is 1. The van der Waals surface area contributed by atoms with Gasteiger partial charge in [-0.15, -0.1) is 22.7 Å². The van der Waals surface area contributed by atoms with Crippen LogP contribution in [0.5, 0.6) is 0 Å². The van der Waals surface area contributed by atoms with Crippen molar-refractivity contribution >= 4 is 46.2 Å². The molecular weight excluding hydrogens is 384 g/mol. The Kier molecular flexibility index (Phi) is 4.25. The first-order valence-electron chi connectivity index (χ1n) is 8.00. The SMILES string of the molecule is C[C@]1(c2cccc(NC(=O)c3csc(-c4cccs4)n3)c2)NC(=O)NC1=O. The average Bonchev–Trinajstić information content (AvgIpc) is 3.36. The Hall–Kier alpha value is -3.04. The molecule has 3 aromatic rings. The Labute approximate surface area is 162 Å². The zero-order valence-corrected chi connectivity index (χ0v) is 15.7. The molecule has 0 saturated carbocycles. The van der Waals surface area contributed by atoms with E-state index in [1.807, 2.05) is 17.5 Å². The van der Waals surface area contributed by atoms with Gasteiger partial charge in [-0.1, -0.05) is 18.2 Å². The van der Waals surface area contributed by atoms with Crippen LogP contribution in [0.2, 0.25) is 0 Å². The molecule has 4 rings (SSSR count). The molecular formula is C18H14N4O3S2. The van der Waals surface area contributed by atoms with Crippen molar-refractivity contribution < 1.29 is 14.4 Å².